The molecule has 1 rings (SSSR count). The molecule has 0 aliphatic carbocycles. The van der Waals surface area contributed by atoms with Crippen LogP contribution in [0.2, 0.25) is 0 Å². The summed E-state index contributed by atoms with van der Waals surface area (Å²) in [6.07, 6.45) is -1.22. The van der Waals surface area contributed by atoms with Crippen LogP contribution in [0.5, 0.6) is 0 Å². The van der Waals surface area contributed by atoms with Crippen molar-refractivity contribution in [3.05, 3.63) is 35.4 Å². The highest BCUT2D eigenvalue weighted by Gasteiger charge is 2.24. The molecule has 0 saturated heterocycles. The Morgan fingerprint density at radius 3 is 1.94 bits per heavy atom. The smallest absolute Gasteiger partial charge is 0.340 e. The van der Waals surface area contributed by atoms with Gasteiger partial charge in [-0.2, -0.15) is 0 Å². The van der Waals surface area contributed by atoms with Crippen LogP contribution in [0, 0.1) is 0 Å². The molecule has 0 aliphatic rings. The second kappa shape index (κ2) is 5.53. The lowest BCUT2D eigenvalue weighted by molar-refractivity contribution is -0.165. The first-order valence-electron chi connectivity index (χ1n) is 6.21. The van der Waals surface area contributed by atoms with E-state index in [-0.39, 0.29) is 0 Å². The van der Waals surface area contributed by atoms with E-state index in [2.05, 4.69) is 13.8 Å². The van der Waals surface area contributed by atoms with E-state index >= 15 is 0 Å². The molecular formula is C15H22O3. The fourth-order valence-corrected chi connectivity index (χ4v) is 1.56. The van der Waals surface area contributed by atoms with Gasteiger partial charge in [0.05, 0.1) is 0 Å². The zero-order valence-electron chi connectivity index (χ0n) is 11.7. The zero-order chi connectivity index (χ0) is 13.9. The summed E-state index contributed by atoms with van der Waals surface area (Å²) in [5, 5.41) is 9.91. The quantitative estimate of drug-likeness (QED) is 0.838. The molecule has 3 nitrogen and oxygen atoms in total. The van der Waals surface area contributed by atoms with Crippen molar-refractivity contribution in [1.29, 1.82) is 0 Å². The van der Waals surface area contributed by atoms with E-state index in [1.807, 2.05) is 12.1 Å². The number of ether oxygens (including phenoxy) is 1. The standard InChI is InChI=1S/C15H22O3/c1-10(2)11-6-8-12(9-7-11)13(16)14(17)18-15(3,4)5/h6-10,13,16H,1-5H3. The Morgan fingerprint density at radius 1 is 1.11 bits per heavy atom. The minimum Gasteiger partial charge on any atom is -0.458 e. The Balaban J connectivity index is 2.78. The highest BCUT2D eigenvalue weighted by Crippen LogP contribution is 2.21. The van der Waals surface area contributed by atoms with Gasteiger partial charge in [0.1, 0.15) is 5.60 Å². The Bertz CT molecular complexity index is 399. The zero-order valence-corrected chi connectivity index (χ0v) is 11.7. The third-order valence-corrected chi connectivity index (χ3v) is 2.55. The molecular weight excluding hydrogens is 228 g/mol. The first-order valence-corrected chi connectivity index (χ1v) is 6.21. The predicted molar refractivity (Wildman–Crippen MR) is 71.3 cm³/mol. The first-order chi connectivity index (χ1) is 8.20. The minimum atomic E-state index is -1.22. The van der Waals surface area contributed by atoms with Gasteiger partial charge in [-0.25, -0.2) is 4.79 Å². The van der Waals surface area contributed by atoms with Crippen LogP contribution in [0.25, 0.3) is 0 Å². The van der Waals surface area contributed by atoms with Gasteiger partial charge in [0.15, 0.2) is 6.10 Å². The average molecular weight is 250 g/mol. The second-order valence-corrected chi connectivity index (χ2v) is 5.76. The topological polar surface area (TPSA) is 46.5 Å². The largest absolute Gasteiger partial charge is 0.458 e. The molecule has 0 aromatic heterocycles. The molecule has 0 radical (unpaired) electrons. The molecule has 0 heterocycles. The lowest BCUT2D eigenvalue weighted by Gasteiger charge is -2.22. The molecule has 0 fully saturated rings. The monoisotopic (exact) mass is 250 g/mol. The van der Waals surface area contributed by atoms with Crippen LogP contribution in [0.15, 0.2) is 24.3 Å². The van der Waals surface area contributed by atoms with Gasteiger partial charge in [-0.05, 0) is 37.8 Å². The summed E-state index contributed by atoms with van der Waals surface area (Å²) < 4.78 is 5.14. The van der Waals surface area contributed by atoms with Gasteiger partial charge >= 0.3 is 5.97 Å². The molecule has 100 valence electrons. The van der Waals surface area contributed by atoms with E-state index in [1.165, 1.54) is 5.56 Å². The second-order valence-electron chi connectivity index (χ2n) is 5.76. The van der Waals surface area contributed by atoms with Crippen molar-refractivity contribution in [3.63, 3.8) is 0 Å². The Morgan fingerprint density at radius 2 is 1.56 bits per heavy atom. The average Bonchev–Trinajstić information content (AvgIpc) is 2.26. The molecule has 1 N–H and O–H groups in total. The number of aliphatic hydroxyl groups is 1. The molecule has 0 saturated carbocycles. The van der Waals surface area contributed by atoms with Crippen molar-refractivity contribution in [1.82, 2.24) is 0 Å². The van der Waals surface area contributed by atoms with Crippen LogP contribution >= 0.6 is 0 Å². The summed E-state index contributed by atoms with van der Waals surface area (Å²) in [5.41, 5.74) is 1.15. The van der Waals surface area contributed by atoms with Crippen molar-refractivity contribution in [3.8, 4) is 0 Å². The van der Waals surface area contributed by atoms with Crippen molar-refractivity contribution in [2.75, 3.05) is 0 Å². The highest BCUT2D eigenvalue weighted by atomic mass is 16.6. The van der Waals surface area contributed by atoms with Gasteiger partial charge in [-0.15, -0.1) is 0 Å². The van der Waals surface area contributed by atoms with Crippen molar-refractivity contribution >= 4 is 5.97 Å². The lowest BCUT2D eigenvalue weighted by atomic mass is 10.00. The van der Waals surface area contributed by atoms with Crippen molar-refractivity contribution in [2.24, 2.45) is 0 Å². The summed E-state index contributed by atoms with van der Waals surface area (Å²) in [5.74, 6) is -0.183. The van der Waals surface area contributed by atoms with E-state index in [0.717, 1.165) is 0 Å². The van der Waals surface area contributed by atoms with E-state index in [4.69, 9.17) is 4.74 Å². The third-order valence-electron chi connectivity index (χ3n) is 2.55. The summed E-state index contributed by atoms with van der Waals surface area (Å²) >= 11 is 0. The van der Waals surface area contributed by atoms with Gasteiger partial charge < -0.3 is 9.84 Å². The molecule has 0 amide bonds. The Hall–Kier alpha value is -1.35. The van der Waals surface area contributed by atoms with Crippen LogP contribution in [-0.4, -0.2) is 16.7 Å². The minimum absolute atomic E-state index is 0.428. The molecule has 0 aliphatic heterocycles. The summed E-state index contributed by atoms with van der Waals surface area (Å²) in [4.78, 5) is 11.7. The fourth-order valence-electron chi connectivity index (χ4n) is 1.56. The third kappa shape index (κ3) is 4.15. The SMILES string of the molecule is CC(C)c1ccc(C(O)C(=O)OC(C)(C)C)cc1. The van der Waals surface area contributed by atoms with E-state index in [1.54, 1.807) is 32.9 Å². The lowest BCUT2D eigenvalue weighted by Crippen LogP contribution is -2.27. The van der Waals surface area contributed by atoms with Gasteiger partial charge in [0.25, 0.3) is 0 Å². The van der Waals surface area contributed by atoms with Gasteiger partial charge in [-0.1, -0.05) is 38.1 Å². The maximum atomic E-state index is 11.7. The molecule has 18 heavy (non-hydrogen) atoms. The van der Waals surface area contributed by atoms with Crippen molar-refractivity contribution < 1.29 is 14.6 Å². The van der Waals surface area contributed by atoms with Crippen LogP contribution in [0.4, 0.5) is 0 Å². The van der Waals surface area contributed by atoms with E-state index in [0.29, 0.717) is 11.5 Å². The number of esters is 1. The molecule has 0 spiro atoms. The van der Waals surface area contributed by atoms with Gasteiger partial charge in [0.2, 0.25) is 0 Å². The number of carbonyl (C=O) groups excluding carboxylic acids is 1. The van der Waals surface area contributed by atoms with Crippen molar-refractivity contribution in [2.45, 2.75) is 52.2 Å². The van der Waals surface area contributed by atoms with E-state index < -0.39 is 17.7 Å². The maximum absolute atomic E-state index is 11.7. The summed E-state index contributed by atoms with van der Waals surface area (Å²) in [6.45, 7) is 9.52. The maximum Gasteiger partial charge on any atom is 0.340 e. The number of carbonyl (C=O) groups is 1. The van der Waals surface area contributed by atoms with Crippen LogP contribution < -0.4 is 0 Å². The summed E-state index contributed by atoms with van der Waals surface area (Å²) in [6, 6.07) is 7.38. The number of rotatable bonds is 3. The molecule has 1 aromatic carbocycles. The normalized spacial score (nSPS) is 13.5. The number of hydrogen-bond acceptors (Lipinski definition) is 3. The predicted octanol–water partition coefficient (Wildman–Crippen LogP) is 3.19. The first kappa shape index (κ1) is 14.7. The molecule has 1 unspecified atom stereocenters. The molecule has 1 aromatic rings. The van der Waals surface area contributed by atoms with Gasteiger partial charge in [-0.3, -0.25) is 0 Å². The molecule has 1 atom stereocenters. The molecule has 3 heteroatoms. The van der Waals surface area contributed by atoms with Crippen LogP contribution in [0.3, 0.4) is 0 Å². The molecule has 0 bridgehead atoms. The van der Waals surface area contributed by atoms with Crippen LogP contribution in [-0.2, 0) is 9.53 Å². The number of hydrogen-bond donors (Lipinski definition) is 1. The summed E-state index contributed by atoms with van der Waals surface area (Å²) in [7, 11) is 0. The number of aliphatic hydroxyl groups excluding tert-OH is 1. The highest BCUT2D eigenvalue weighted by molar-refractivity contribution is 5.76. The van der Waals surface area contributed by atoms with E-state index in [9.17, 15) is 9.90 Å². The fraction of sp³-hybridized carbons (Fsp3) is 0.533. The van der Waals surface area contributed by atoms with Crippen LogP contribution in [0.1, 0.15) is 57.8 Å². The van der Waals surface area contributed by atoms with Gasteiger partial charge in [0, 0.05) is 0 Å². The Kier molecular flexibility index (Phi) is 4.52. The Labute approximate surface area is 109 Å². The number of benzene rings is 1.